The van der Waals surface area contributed by atoms with Crippen molar-refractivity contribution in [1.29, 1.82) is 0 Å². The number of alkyl halides is 3. The summed E-state index contributed by atoms with van der Waals surface area (Å²) in [6, 6.07) is 10.0. The summed E-state index contributed by atoms with van der Waals surface area (Å²) in [6.07, 6.45) is -2.90. The zero-order chi connectivity index (χ0) is 22.8. The highest BCUT2D eigenvalue weighted by Crippen LogP contribution is 2.36. The van der Waals surface area contributed by atoms with Gasteiger partial charge in [0.25, 0.3) is 0 Å². The van der Waals surface area contributed by atoms with E-state index in [0.29, 0.717) is 25.6 Å². The Morgan fingerprint density at radius 3 is 2.52 bits per heavy atom. The molecule has 0 saturated heterocycles. The Morgan fingerprint density at radius 1 is 1.19 bits per heavy atom. The maximum absolute atomic E-state index is 13.2. The van der Waals surface area contributed by atoms with Crippen molar-refractivity contribution in [2.24, 2.45) is 0 Å². The Morgan fingerprint density at radius 2 is 1.87 bits per heavy atom. The number of amides is 1. The van der Waals surface area contributed by atoms with Crippen LogP contribution >= 0.6 is 11.6 Å². The van der Waals surface area contributed by atoms with Gasteiger partial charge in [0.15, 0.2) is 0 Å². The van der Waals surface area contributed by atoms with Gasteiger partial charge in [-0.15, -0.1) is 6.58 Å². The average Bonchev–Trinajstić information content (AvgIpc) is 2.72. The number of sulfonamides is 1. The van der Waals surface area contributed by atoms with Crippen molar-refractivity contribution in [3.8, 4) is 0 Å². The van der Waals surface area contributed by atoms with E-state index < -0.39 is 44.1 Å². The van der Waals surface area contributed by atoms with Gasteiger partial charge < -0.3 is 4.90 Å². The van der Waals surface area contributed by atoms with Gasteiger partial charge in [-0.1, -0.05) is 41.9 Å². The molecule has 0 bridgehead atoms. The van der Waals surface area contributed by atoms with Crippen LogP contribution in [0.1, 0.15) is 16.7 Å². The SMILES string of the molecule is C=CCN(CC(=O)N1CCc2ccccc2C1)S(=O)(=O)c1ccc(Cl)c(C(F)(F)F)c1. The van der Waals surface area contributed by atoms with Gasteiger partial charge in [-0.2, -0.15) is 17.5 Å². The summed E-state index contributed by atoms with van der Waals surface area (Å²) in [7, 11) is -4.40. The Bertz CT molecular complexity index is 1100. The molecule has 0 aliphatic carbocycles. The van der Waals surface area contributed by atoms with Gasteiger partial charge in [0.05, 0.1) is 22.0 Å². The number of benzene rings is 2. The Labute approximate surface area is 183 Å². The summed E-state index contributed by atoms with van der Waals surface area (Å²) in [5.74, 6) is -0.440. The monoisotopic (exact) mass is 472 g/mol. The molecule has 1 aliphatic heterocycles. The van der Waals surface area contributed by atoms with Gasteiger partial charge in [-0.25, -0.2) is 8.42 Å². The molecular formula is C21H20ClF3N2O3S. The largest absolute Gasteiger partial charge is 0.417 e. The lowest BCUT2D eigenvalue weighted by molar-refractivity contribution is -0.137. The third kappa shape index (κ3) is 5.11. The zero-order valence-corrected chi connectivity index (χ0v) is 18.0. The third-order valence-electron chi connectivity index (χ3n) is 5.01. The van der Waals surface area contributed by atoms with Crippen LogP contribution in [0.15, 0.2) is 60.0 Å². The molecule has 5 nitrogen and oxygen atoms in total. The first kappa shape index (κ1) is 23.3. The molecule has 166 valence electrons. The fraction of sp³-hybridized carbons (Fsp3) is 0.286. The molecule has 2 aromatic rings. The van der Waals surface area contributed by atoms with Gasteiger partial charge in [0.2, 0.25) is 15.9 Å². The smallest absolute Gasteiger partial charge is 0.337 e. The molecule has 0 N–H and O–H groups in total. The molecule has 3 rings (SSSR count). The van der Waals surface area contributed by atoms with E-state index in [1.54, 1.807) is 0 Å². The maximum Gasteiger partial charge on any atom is 0.417 e. The van der Waals surface area contributed by atoms with Crippen LogP contribution in [0.2, 0.25) is 5.02 Å². The Kier molecular flexibility index (Phi) is 6.78. The van der Waals surface area contributed by atoms with Crippen LogP contribution in [-0.4, -0.2) is 43.2 Å². The molecular weight excluding hydrogens is 453 g/mol. The van der Waals surface area contributed by atoms with Gasteiger partial charge in [0.1, 0.15) is 0 Å². The lowest BCUT2D eigenvalue weighted by Gasteiger charge is -2.31. The van der Waals surface area contributed by atoms with Gasteiger partial charge in [0, 0.05) is 19.6 Å². The summed E-state index contributed by atoms with van der Waals surface area (Å²) in [6.45, 7) is 3.52. The van der Waals surface area contributed by atoms with Crippen LogP contribution in [-0.2, 0) is 34.0 Å². The fourth-order valence-electron chi connectivity index (χ4n) is 3.38. The van der Waals surface area contributed by atoms with Crippen molar-refractivity contribution < 1.29 is 26.4 Å². The predicted octanol–water partition coefficient (Wildman–Crippen LogP) is 4.12. The number of nitrogens with zero attached hydrogens (tertiary/aromatic N) is 2. The van der Waals surface area contributed by atoms with Crippen LogP contribution in [0.25, 0.3) is 0 Å². The molecule has 0 spiro atoms. The maximum atomic E-state index is 13.2. The predicted molar refractivity (Wildman–Crippen MR) is 111 cm³/mol. The third-order valence-corrected chi connectivity index (χ3v) is 7.15. The average molecular weight is 473 g/mol. The van der Waals surface area contributed by atoms with Gasteiger partial charge in [-0.05, 0) is 35.7 Å². The highest BCUT2D eigenvalue weighted by molar-refractivity contribution is 7.89. The summed E-state index contributed by atoms with van der Waals surface area (Å²) in [4.78, 5) is 13.8. The van der Waals surface area contributed by atoms with E-state index in [-0.39, 0.29) is 6.54 Å². The van der Waals surface area contributed by atoms with Gasteiger partial charge in [-0.3, -0.25) is 4.79 Å². The van der Waals surface area contributed by atoms with Crippen molar-refractivity contribution in [1.82, 2.24) is 9.21 Å². The van der Waals surface area contributed by atoms with E-state index in [1.807, 2.05) is 24.3 Å². The number of rotatable bonds is 6. The molecule has 1 aliphatic rings. The lowest BCUT2D eigenvalue weighted by atomic mass is 10.00. The minimum atomic E-state index is -4.82. The number of fused-ring (bicyclic) bond motifs is 1. The molecule has 10 heteroatoms. The summed E-state index contributed by atoms with van der Waals surface area (Å²) in [5.41, 5.74) is 0.850. The minimum absolute atomic E-state index is 0.234. The molecule has 0 aromatic heterocycles. The van der Waals surface area contributed by atoms with Crippen LogP contribution in [0.5, 0.6) is 0 Å². The van der Waals surface area contributed by atoms with Gasteiger partial charge >= 0.3 is 6.18 Å². The van der Waals surface area contributed by atoms with E-state index in [1.165, 1.54) is 11.0 Å². The first-order valence-electron chi connectivity index (χ1n) is 9.36. The second-order valence-corrected chi connectivity index (χ2v) is 9.40. The van der Waals surface area contributed by atoms with Crippen LogP contribution in [0.4, 0.5) is 13.2 Å². The van der Waals surface area contributed by atoms with Crippen molar-refractivity contribution in [3.63, 3.8) is 0 Å². The van der Waals surface area contributed by atoms with Crippen molar-refractivity contribution in [2.45, 2.75) is 24.0 Å². The highest BCUT2D eigenvalue weighted by atomic mass is 35.5. The van der Waals surface area contributed by atoms with Crippen molar-refractivity contribution in [3.05, 3.63) is 76.8 Å². The molecule has 0 radical (unpaired) electrons. The van der Waals surface area contributed by atoms with Crippen LogP contribution < -0.4 is 0 Å². The quantitative estimate of drug-likeness (QED) is 0.594. The summed E-state index contributed by atoms with van der Waals surface area (Å²) in [5, 5.41) is -0.607. The molecule has 1 amide bonds. The molecule has 0 saturated carbocycles. The number of halogens is 4. The molecule has 1 heterocycles. The lowest BCUT2D eigenvalue weighted by Crippen LogP contribution is -2.44. The topological polar surface area (TPSA) is 57.7 Å². The second kappa shape index (κ2) is 9.02. The molecule has 0 fully saturated rings. The minimum Gasteiger partial charge on any atom is -0.337 e. The van der Waals surface area contributed by atoms with E-state index in [4.69, 9.17) is 11.6 Å². The number of hydrogen-bond acceptors (Lipinski definition) is 3. The van der Waals surface area contributed by atoms with Crippen LogP contribution in [0, 0.1) is 0 Å². The molecule has 0 unspecified atom stereocenters. The van der Waals surface area contributed by atoms with E-state index in [0.717, 1.165) is 27.6 Å². The second-order valence-electron chi connectivity index (χ2n) is 7.06. The Hall–Kier alpha value is -2.36. The normalized spacial score (nSPS) is 14.4. The molecule has 2 aromatic carbocycles. The van der Waals surface area contributed by atoms with Crippen LogP contribution in [0.3, 0.4) is 0 Å². The standard InChI is InChI=1S/C21H20ClF3N2O3S/c1-2-10-27(14-20(28)26-11-9-15-5-3-4-6-16(15)13-26)31(29,30)17-7-8-19(22)18(12-17)21(23,24)25/h2-8,12H,1,9-11,13-14H2. The van der Waals surface area contributed by atoms with E-state index >= 15 is 0 Å². The fourth-order valence-corrected chi connectivity index (χ4v) is 4.99. The number of carbonyl (C=O) groups excluding carboxylic acids is 1. The first-order chi connectivity index (χ1) is 14.5. The number of hydrogen-bond donors (Lipinski definition) is 0. The molecule has 31 heavy (non-hydrogen) atoms. The Balaban J connectivity index is 1.85. The zero-order valence-electron chi connectivity index (χ0n) is 16.4. The summed E-state index contributed by atoms with van der Waals surface area (Å²) >= 11 is 5.59. The van der Waals surface area contributed by atoms with Crippen molar-refractivity contribution in [2.75, 3.05) is 19.6 Å². The number of carbonyl (C=O) groups is 1. The van der Waals surface area contributed by atoms with E-state index in [9.17, 15) is 26.4 Å². The first-order valence-corrected chi connectivity index (χ1v) is 11.2. The summed E-state index contributed by atoms with van der Waals surface area (Å²) < 4.78 is 66.4. The van der Waals surface area contributed by atoms with Crippen molar-refractivity contribution >= 4 is 27.5 Å². The highest BCUT2D eigenvalue weighted by Gasteiger charge is 2.36. The molecule has 0 atom stereocenters. The van der Waals surface area contributed by atoms with E-state index in [2.05, 4.69) is 6.58 Å².